The van der Waals surface area contributed by atoms with E-state index in [2.05, 4.69) is 26.3 Å². The summed E-state index contributed by atoms with van der Waals surface area (Å²) in [7, 11) is 0. The number of anilines is 2. The van der Waals surface area contributed by atoms with Crippen LogP contribution in [0, 0.1) is 29.0 Å². The summed E-state index contributed by atoms with van der Waals surface area (Å²) in [6, 6.07) is 10.9. The van der Waals surface area contributed by atoms with Crippen LogP contribution >= 0.6 is 0 Å². The molecule has 1 aromatic carbocycles. The van der Waals surface area contributed by atoms with E-state index in [1.807, 2.05) is 0 Å². The molecule has 3 aromatic heterocycles. The number of aromatic nitrogens is 5. The Bertz CT molecular complexity index is 1810. The lowest BCUT2D eigenvalue weighted by molar-refractivity contribution is -0.129. The molecule has 12 heteroatoms. The third-order valence-corrected chi connectivity index (χ3v) is 8.31. The molecule has 2 bridgehead atoms. The van der Waals surface area contributed by atoms with Crippen LogP contribution in [-0.4, -0.2) is 54.0 Å². The van der Waals surface area contributed by atoms with Crippen molar-refractivity contribution in [3.63, 3.8) is 0 Å². The molecule has 4 heterocycles. The SMILES string of the molecule is N#C/C(=C\C1CC1)C(=O)N1C[C@H]2CC(n3nc(-c4ccc(C(=O)Nc5ccccn5)cc4F)c4c(N)ncnc43)[C@H]1C2. The second kappa shape index (κ2) is 10.0. The predicted octanol–water partition coefficient (Wildman–Crippen LogP) is 3.88. The highest BCUT2D eigenvalue weighted by Gasteiger charge is 2.49. The Morgan fingerprint density at radius 1 is 1.12 bits per heavy atom. The van der Waals surface area contributed by atoms with Gasteiger partial charge in [-0.05, 0) is 67.9 Å². The first-order valence-corrected chi connectivity index (χ1v) is 13.8. The maximum atomic E-state index is 15.6. The number of hydrogen-bond donors (Lipinski definition) is 2. The summed E-state index contributed by atoms with van der Waals surface area (Å²) in [5, 5.41) is 17.5. The lowest BCUT2D eigenvalue weighted by Crippen LogP contribution is -2.43. The van der Waals surface area contributed by atoms with E-state index in [9.17, 15) is 14.9 Å². The first kappa shape index (κ1) is 25.8. The maximum absolute atomic E-state index is 15.6. The van der Waals surface area contributed by atoms with E-state index in [0.717, 1.165) is 31.7 Å². The van der Waals surface area contributed by atoms with Crippen molar-refractivity contribution in [2.45, 2.75) is 37.8 Å². The van der Waals surface area contributed by atoms with E-state index in [4.69, 9.17) is 10.8 Å². The number of benzene rings is 1. The first-order chi connectivity index (χ1) is 20.4. The first-order valence-electron chi connectivity index (χ1n) is 13.8. The number of carbonyl (C=O) groups is 2. The van der Waals surface area contributed by atoms with Gasteiger partial charge in [-0.3, -0.25) is 9.59 Å². The lowest BCUT2D eigenvalue weighted by Gasteiger charge is -2.33. The number of nitrogens with two attached hydrogens (primary N) is 1. The van der Waals surface area contributed by atoms with Crippen molar-refractivity contribution in [3.8, 4) is 17.3 Å². The number of nitrogen functional groups attached to an aromatic ring is 1. The number of fused-ring (bicyclic) bond motifs is 3. The largest absolute Gasteiger partial charge is 0.383 e. The Morgan fingerprint density at radius 2 is 1.95 bits per heavy atom. The fourth-order valence-corrected chi connectivity index (χ4v) is 6.19. The minimum atomic E-state index is -0.660. The number of likely N-dealkylation sites (tertiary alicyclic amines) is 1. The van der Waals surface area contributed by atoms with E-state index in [-0.39, 0.29) is 52.1 Å². The van der Waals surface area contributed by atoms with Gasteiger partial charge in [0.25, 0.3) is 11.8 Å². The molecule has 2 amide bonds. The van der Waals surface area contributed by atoms with Crippen molar-refractivity contribution < 1.29 is 14.0 Å². The summed E-state index contributed by atoms with van der Waals surface area (Å²) in [6.07, 6.45) is 8.23. The van der Waals surface area contributed by atoms with Gasteiger partial charge in [-0.15, -0.1) is 0 Å². The van der Waals surface area contributed by atoms with Crippen molar-refractivity contribution in [1.29, 1.82) is 5.26 Å². The molecular weight excluding hydrogens is 537 g/mol. The number of halogens is 1. The quantitative estimate of drug-likeness (QED) is 0.264. The van der Waals surface area contributed by atoms with Gasteiger partial charge >= 0.3 is 0 Å². The fourth-order valence-electron chi connectivity index (χ4n) is 6.19. The van der Waals surface area contributed by atoms with Gasteiger partial charge in [0.05, 0.1) is 17.5 Å². The molecule has 3 aliphatic rings. The summed E-state index contributed by atoms with van der Waals surface area (Å²) in [6.45, 7) is 0.587. The van der Waals surface area contributed by atoms with Crippen LogP contribution in [0.1, 0.15) is 42.1 Å². The zero-order valence-electron chi connectivity index (χ0n) is 22.4. The summed E-state index contributed by atoms with van der Waals surface area (Å²) in [5.41, 5.74) is 7.42. The molecule has 3 N–H and O–H groups in total. The number of amides is 2. The Kier molecular flexibility index (Phi) is 6.15. The predicted molar refractivity (Wildman–Crippen MR) is 151 cm³/mol. The Hall–Kier alpha value is -5.18. The lowest BCUT2D eigenvalue weighted by atomic mass is 10.0. The van der Waals surface area contributed by atoms with Crippen LogP contribution in [0.25, 0.3) is 22.3 Å². The van der Waals surface area contributed by atoms with Gasteiger partial charge in [-0.2, -0.15) is 10.4 Å². The topological polar surface area (TPSA) is 156 Å². The Labute approximate surface area is 239 Å². The number of allylic oxidation sites excluding steroid dienone is 1. The second-order valence-electron chi connectivity index (χ2n) is 11.1. The summed E-state index contributed by atoms with van der Waals surface area (Å²) >= 11 is 0. The van der Waals surface area contributed by atoms with Gasteiger partial charge in [0.1, 0.15) is 41.1 Å². The van der Waals surface area contributed by atoms with Gasteiger partial charge < -0.3 is 16.0 Å². The van der Waals surface area contributed by atoms with Crippen LogP contribution in [0.2, 0.25) is 0 Å². The van der Waals surface area contributed by atoms with Crippen molar-refractivity contribution in [2.24, 2.45) is 11.8 Å². The molecule has 0 radical (unpaired) electrons. The van der Waals surface area contributed by atoms with Gasteiger partial charge in [0.15, 0.2) is 5.65 Å². The average Bonchev–Trinajstić information content (AvgIpc) is 3.40. The van der Waals surface area contributed by atoms with Crippen LogP contribution in [0.15, 0.2) is 60.6 Å². The highest BCUT2D eigenvalue weighted by Crippen LogP contribution is 2.47. The van der Waals surface area contributed by atoms with Crippen molar-refractivity contribution in [3.05, 3.63) is 72.0 Å². The maximum Gasteiger partial charge on any atom is 0.264 e. The van der Waals surface area contributed by atoms with Gasteiger partial charge in [-0.25, -0.2) is 24.0 Å². The smallest absolute Gasteiger partial charge is 0.264 e. The Balaban J connectivity index is 1.23. The molecule has 1 aliphatic heterocycles. The minimum absolute atomic E-state index is 0.115. The molecule has 2 aliphatic carbocycles. The van der Waals surface area contributed by atoms with E-state index in [1.54, 1.807) is 40.1 Å². The third-order valence-electron chi connectivity index (χ3n) is 8.31. The highest BCUT2D eigenvalue weighted by atomic mass is 19.1. The second-order valence-corrected chi connectivity index (χ2v) is 11.1. The normalized spacial score (nSPS) is 21.5. The Morgan fingerprint density at radius 3 is 2.67 bits per heavy atom. The molecule has 1 unspecified atom stereocenters. The van der Waals surface area contributed by atoms with E-state index in [0.29, 0.717) is 29.3 Å². The molecule has 1 saturated heterocycles. The molecule has 42 heavy (non-hydrogen) atoms. The summed E-state index contributed by atoms with van der Waals surface area (Å²) in [5.74, 6) is -0.362. The monoisotopic (exact) mass is 563 g/mol. The number of piperidine rings is 1. The fraction of sp³-hybridized carbons (Fsp3) is 0.300. The van der Waals surface area contributed by atoms with Gasteiger partial charge in [0, 0.05) is 23.9 Å². The number of pyridine rings is 1. The number of rotatable bonds is 6. The molecule has 0 spiro atoms. The van der Waals surface area contributed by atoms with E-state index >= 15 is 4.39 Å². The van der Waals surface area contributed by atoms with Gasteiger partial charge in [-0.1, -0.05) is 12.1 Å². The van der Waals surface area contributed by atoms with E-state index in [1.165, 1.54) is 18.5 Å². The van der Waals surface area contributed by atoms with Crippen molar-refractivity contribution in [1.82, 2.24) is 29.6 Å². The molecule has 3 fully saturated rings. The number of hydrogen-bond acceptors (Lipinski definition) is 8. The zero-order valence-corrected chi connectivity index (χ0v) is 22.4. The minimum Gasteiger partial charge on any atom is -0.383 e. The van der Waals surface area contributed by atoms with Crippen LogP contribution < -0.4 is 11.1 Å². The van der Waals surface area contributed by atoms with Crippen LogP contribution in [-0.2, 0) is 4.79 Å². The summed E-state index contributed by atoms with van der Waals surface area (Å²) < 4.78 is 17.3. The third kappa shape index (κ3) is 4.43. The number of nitriles is 1. The molecule has 4 aromatic rings. The molecular formula is C30H26FN9O2. The van der Waals surface area contributed by atoms with Crippen molar-refractivity contribution >= 4 is 34.5 Å². The number of nitrogens with zero attached hydrogens (tertiary/aromatic N) is 7. The van der Waals surface area contributed by atoms with E-state index < -0.39 is 11.7 Å². The molecule has 7 rings (SSSR count). The number of nitrogens with one attached hydrogen (secondary N) is 1. The van der Waals surface area contributed by atoms with Crippen LogP contribution in [0.3, 0.4) is 0 Å². The average molecular weight is 564 g/mol. The summed E-state index contributed by atoms with van der Waals surface area (Å²) in [4.78, 5) is 40.5. The molecule has 11 nitrogen and oxygen atoms in total. The molecule has 2 saturated carbocycles. The van der Waals surface area contributed by atoms with Crippen LogP contribution in [0.5, 0.6) is 0 Å². The van der Waals surface area contributed by atoms with Crippen molar-refractivity contribution in [2.75, 3.05) is 17.6 Å². The molecule has 3 atom stereocenters. The van der Waals surface area contributed by atoms with Gasteiger partial charge in [0.2, 0.25) is 0 Å². The highest BCUT2D eigenvalue weighted by molar-refractivity contribution is 6.04. The van der Waals surface area contributed by atoms with Crippen LogP contribution in [0.4, 0.5) is 16.0 Å². The molecule has 210 valence electrons. The number of carbonyl (C=O) groups excluding carboxylic acids is 2. The zero-order chi connectivity index (χ0) is 29.0. The standard InChI is InChI=1S/C30H26FN9O2/c31-21-12-18(29(41)37-24-3-1-2-8-34-24)6-7-20(21)26-25-27(33)35-15-36-28(25)40(38-26)23-11-17-10-22(23)39(14-17)30(42)19(13-32)9-16-4-5-16/h1-3,6-9,12,15-17,22-23H,4-5,10-11,14H2,(H2,33,35,36)(H,34,37,41)/b19-9+/t17-,22-,23?/m1/s1.